The second-order valence-corrected chi connectivity index (χ2v) is 16.3. The van der Waals surface area contributed by atoms with Crippen LogP contribution in [0.25, 0.3) is 0 Å². The molecule has 61 heavy (non-hydrogen) atoms. The first kappa shape index (κ1) is 57.6. The summed E-state index contributed by atoms with van der Waals surface area (Å²) < 4.78 is 16.7. The van der Waals surface area contributed by atoms with Crippen LogP contribution in [0.2, 0.25) is 0 Å². The Hall–Kier alpha value is -3.41. The molecule has 0 saturated carbocycles. The number of ether oxygens (including phenoxy) is 3. The lowest BCUT2D eigenvalue weighted by Gasteiger charge is -2.18. The molecule has 0 aromatic carbocycles. The summed E-state index contributed by atoms with van der Waals surface area (Å²) in [5.74, 6) is -0.971. The van der Waals surface area contributed by atoms with E-state index in [1.54, 1.807) is 0 Å². The molecule has 0 aliphatic carbocycles. The van der Waals surface area contributed by atoms with E-state index in [0.717, 1.165) is 89.9 Å². The Morgan fingerprint density at radius 2 is 0.656 bits per heavy atom. The fourth-order valence-electron chi connectivity index (χ4n) is 6.62. The molecule has 0 spiro atoms. The number of hydrogen-bond acceptors (Lipinski definition) is 6. The normalized spacial score (nSPS) is 12.8. The molecule has 0 amide bonds. The number of esters is 3. The van der Waals surface area contributed by atoms with Crippen molar-refractivity contribution >= 4 is 17.9 Å². The molecule has 0 rings (SSSR count). The van der Waals surface area contributed by atoms with Crippen molar-refractivity contribution < 1.29 is 28.6 Å². The van der Waals surface area contributed by atoms with Crippen molar-refractivity contribution in [1.82, 2.24) is 0 Å². The van der Waals surface area contributed by atoms with Crippen LogP contribution in [0.1, 0.15) is 226 Å². The highest BCUT2D eigenvalue weighted by molar-refractivity contribution is 5.71. The Labute approximate surface area is 375 Å². The average Bonchev–Trinajstić information content (AvgIpc) is 3.26. The summed E-state index contributed by atoms with van der Waals surface area (Å²) in [4.78, 5) is 37.8. The standard InChI is InChI=1S/C55H92O6/c1-4-7-10-13-16-19-21-23-25-27-29-31-33-36-39-42-45-48-54(57)60-51-52(50-59-53(56)47-44-41-38-35-18-15-12-9-6-3)61-55(58)49-46-43-40-37-34-32-30-28-26-24-22-20-17-14-11-8-5-2/h7,10,16-17,19-20,23-26,29,31,36,39,52H,4-6,8-9,11-15,18,21-22,27-28,30,32-35,37-38,40-51H2,1-3H3/b10-7-,19-16-,20-17-,25-23-,26-24-,31-29-,39-36-. The number of hydrogen-bond donors (Lipinski definition) is 0. The second-order valence-electron chi connectivity index (χ2n) is 16.3. The highest BCUT2D eigenvalue weighted by Crippen LogP contribution is 2.14. The molecule has 0 aliphatic heterocycles. The van der Waals surface area contributed by atoms with Gasteiger partial charge in [-0.15, -0.1) is 0 Å². The van der Waals surface area contributed by atoms with E-state index < -0.39 is 6.10 Å². The van der Waals surface area contributed by atoms with Crippen LogP contribution in [-0.4, -0.2) is 37.2 Å². The molecule has 0 N–H and O–H groups in total. The Bertz CT molecular complexity index is 1200. The van der Waals surface area contributed by atoms with Crippen molar-refractivity contribution in [2.45, 2.75) is 232 Å². The molecule has 0 aromatic rings. The summed E-state index contributed by atoms with van der Waals surface area (Å²) in [6.45, 7) is 6.41. The SMILES string of the molecule is CC/C=C\C/C=C\C/C=C\C/C=C\C/C=C\CCCC(=O)OCC(COC(=O)CCCCCCCCCCC)OC(=O)CCCCCCCCC/C=C\C/C=C\CCCCC. The molecule has 348 valence electrons. The van der Waals surface area contributed by atoms with Gasteiger partial charge in [0.25, 0.3) is 0 Å². The zero-order valence-electron chi connectivity index (χ0n) is 39.7. The first-order valence-electron chi connectivity index (χ1n) is 25.1. The van der Waals surface area contributed by atoms with Crippen LogP contribution in [0.15, 0.2) is 85.1 Å². The smallest absolute Gasteiger partial charge is 0.306 e. The van der Waals surface area contributed by atoms with Gasteiger partial charge in [-0.25, -0.2) is 0 Å². The quantitative estimate of drug-likeness (QED) is 0.0263. The van der Waals surface area contributed by atoms with E-state index in [9.17, 15) is 14.4 Å². The van der Waals surface area contributed by atoms with Crippen molar-refractivity contribution in [2.24, 2.45) is 0 Å². The minimum absolute atomic E-state index is 0.0970. The lowest BCUT2D eigenvalue weighted by molar-refractivity contribution is -0.167. The van der Waals surface area contributed by atoms with E-state index in [1.165, 1.54) is 89.9 Å². The van der Waals surface area contributed by atoms with Gasteiger partial charge in [-0.2, -0.15) is 0 Å². The van der Waals surface area contributed by atoms with E-state index in [4.69, 9.17) is 14.2 Å². The minimum Gasteiger partial charge on any atom is -0.462 e. The van der Waals surface area contributed by atoms with Crippen LogP contribution < -0.4 is 0 Å². The van der Waals surface area contributed by atoms with Crippen molar-refractivity contribution in [3.63, 3.8) is 0 Å². The van der Waals surface area contributed by atoms with Gasteiger partial charge in [-0.1, -0.05) is 202 Å². The molecular formula is C55H92O6. The molecular weight excluding hydrogens is 757 g/mol. The van der Waals surface area contributed by atoms with Crippen LogP contribution in [0.3, 0.4) is 0 Å². The van der Waals surface area contributed by atoms with E-state index in [-0.39, 0.29) is 37.5 Å². The van der Waals surface area contributed by atoms with E-state index in [0.29, 0.717) is 19.3 Å². The number of carbonyl (C=O) groups excluding carboxylic acids is 3. The third kappa shape index (κ3) is 47.5. The average molecular weight is 849 g/mol. The van der Waals surface area contributed by atoms with Gasteiger partial charge < -0.3 is 14.2 Å². The third-order valence-corrected chi connectivity index (χ3v) is 10.4. The maximum Gasteiger partial charge on any atom is 0.306 e. The molecule has 0 saturated heterocycles. The van der Waals surface area contributed by atoms with E-state index in [2.05, 4.69) is 106 Å². The van der Waals surface area contributed by atoms with Crippen molar-refractivity contribution in [1.29, 1.82) is 0 Å². The topological polar surface area (TPSA) is 78.9 Å². The summed E-state index contributed by atoms with van der Waals surface area (Å²) in [5.41, 5.74) is 0. The molecule has 6 nitrogen and oxygen atoms in total. The van der Waals surface area contributed by atoms with Crippen LogP contribution in [0, 0.1) is 0 Å². The third-order valence-electron chi connectivity index (χ3n) is 10.4. The van der Waals surface area contributed by atoms with Crippen LogP contribution in [-0.2, 0) is 28.6 Å². The lowest BCUT2D eigenvalue weighted by atomic mass is 10.1. The Morgan fingerprint density at radius 1 is 0.344 bits per heavy atom. The molecule has 1 unspecified atom stereocenters. The molecule has 0 aromatic heterocycles. The largest absolute Gasteiger partial charge is 0.462 e. The number of unbranched alkanes of at least 4 members (excludes halogenated alkanes) is 19. The lowest BCUT2D eigenvalue weighted by Crippen LogP contribution is -2.30. The predicted octanol–water partition coefficient (Wildman–Crippen LogP) is 16.4. The molecule has 1 atom stereocenters. The minimum atomic E-state index is -0.801. The van der Waals surface area contributed by atoms with Gasteiger partial charge >= 0.3 is 17.9 Å². The Morgan fingerprint density at radius 3 is 1.10 bits per heavy atom. The second kappa shape index (κ2) is 49.2. The Balaban J connectivity index is 4.45. The maximum absolute atomic E-state index is 12.8. The van der Waals surface area contributed by atoms with Gasteiger partial charge in [0.2, 0.25) is 0 Å². The van der Waals surface area contributed by atoms with Crippen molar-refractivity contribution in [3.05, 3.63) is 85.1 Å². The molecule has 0 aliphatic rings. The van der Waals surface area contributed by atoms with Crippen LogP contribution in [0.5, 0.6) is 0 Å². The Kier molecular flexibility index (Phi) is 46.5. The highest BCUT2D eigenvalue weighted by atomic mass is 16.6. The molecule has 0 fully saturated rings. The predicted molar refractivity (Wildman–Crippen MR) is 261 cm³/mol. The van der Waals surface area contributed by atoms with Gasteiger partial charge in [0, 0.05) is 19.3 Å². The summed E-state index contributed by atoms with van der Waals surface area (Å²) in [5, 5.41) is 0. The number of rotatable bonds is 44. The zero-order chi connectivity index (χ0) is 44.4. The monoisotopic (exact) mass is 849 g/mol. The summed E-state index contributed by atoms with van der Waals surface area (Å²) in [7, 11) is 0. The maximum atomic E-state index is 12.8. The summed E-state index contributed by atoms with van der Waals surface area (Å²) >= 11 is 0. The zero-order valence-corrected chi connectivity index (χ0v) is 39.7. The first-order chi connectivity index (χ1) is 30.0. The van der Waals surface area contributed by atoms with Crippen molar-refractivity contribution in [2.75, 3.05) is 13.2 Å². The van der Waals surface area contributed by atoms with Crippen LogP contribution >= 0.6 is 0 Å². The fraction of sp³-hybridized carbons (Fsp3) is 0.691. The van der Waals surface area contributed by atoms with Crippen LogP contribution in [0.4, 0.5) is 0 Å². The van der Waals surface area contributed by atoms with Gasteiger partial charge in [0.1, 0.15) is 13.2 Å². The number of allylic oxidation sites excluding steroid dienone is 14. The van der Waals surface area contributed by atoms with E-state index in [1.807, 2.05) is 0 Å². The molecule has 0 radical (unpaired) electrons. The van der Waals surface area contributed by atoms with Gasteiger partial charge in [-0.05, 0) is 89.9 Å². The molecule has 6 heteroatoms. The fourth-order valence-corrected chi connectivity index (χ4v) is 6.62. The highest BCUT2D eigenvalue weighted by Gasteiger charge is 2.19. The van der Waals surface area contributed by atoms with Gasteiger partial charge in [0.05, 0.1) is 0 Å². The first-order valence-corrected chi connectivity index (χ1v) is 25.1. The number of carbonyl (C=O) groups is 3. The van der Waals surface area contributed by atoms with Gasteiger partial charge in [-0.3, -0.25) is 14.4 Å². The molecule has 0 bridgehead atoms. The van der Waals surface area contributed by atoms with E-state index >= 15 is 0 Å². The van der Waals surface area contributed by atoms with Gasteiger partial charge in [0.15, 0.2) is 6.10 Å². The summed E-state index contributed by atoms with van der Waals surface area (Å²) in [6, 6.07) is 0. The summed E-state index contributed by atoms with van der Waals surface area (Å²) in [6.07, 6.45) is 62.9. The van der Waals surface area contributed by atoms with Crippen molar-refractivity contribution in [3.8, 4) is 0 Å². The molecule has 0 heterocycles.